The van der Waals surface area contributed by atoms with Crippen LogP contribution in [0.5, 0.6) is 11.5 Å². The number of rotatable bonds is 6. The number of methoxy groups -OCH3 is 1. The third-order valence-electron chi connectivity index (χ3n) is 5.95. The number of carbonyl (C=O) groups is 1. The fourth-order valence-corrected chi connectivity index (χ4v) is 4.29. The van der Waals surface area contributed by atoms with E-state index in [2.05, 4.69) is 10.2 Å². The van der Waals surface area contributed by atoms with Gasteiger partial charge in [0.25, 0.3) is 11.6 Å². The largest absolute Gasteiger partial charge is 0.507 e. The van der Waals surface area contributed by atoms with Gasteiger partial charge in [0.15, 0.2) is 0 Å². The third kappa shape index (κ3) is 3.53. The number of phenolic OH excluding ortho intramolecular Hbond substituents is 1. The Morgan fingerprint density at radius 1 is 1.09 bits per heavy atom. The molecular weight excluding hydrogens is 436 g/mol. The molecule has 1 aliphatic rings. The summed E-state index contributed by atoms with van der Waals surface area (Å²) in [6.45, 7) is 0.299. The first kappa shape index (κ1) is 21.2. The zero-order chi connectivity index (χ0) is 23.8. The minimum atomic E-state index is -0.557. The van der Waals surface area contributed by atoms with Crippen molar-refractivity contribution in [1.29, 1.82) is 0 Å². The lowest BCUT2D eigenvalue weighted by Gasteiger charge is -2.26. The average molecular weight is 456 g/mol. The van der Waals surface area contributed by atoms with Gasteiger partial charge in [-0.05, 0) is 47.5 Å². The van der Waals surface area contributed by atoms with Crippen LogP contribution in [-0.2, 0) is 6.54 Å². The molecule has 0 bridgehead atoms. The first-order chi connectivity index (χ1) is 16.5. The lowest BCUT2D eigenvalue weighted by Crippen LogP contribution is -2.29. The van der Waals surface area contributed by atoms with E-state index in [0.717, 1.165) is 5.56 Å². The highest BCUT2D eigenvalue weighted by molar-refractivity contribution is 6.00. The molecule has 0 saturated heterocycles. The standard InChI is InChI=1S/C25H20N4O5/c1-34-18-12-6-15(7-13-18)14-28-24(16-8-10-17(11-9-16)29(32)33)21-22(26-27-23(21)25(28)31)19-4-2-3-5-20(19)30/h2-13,24,30H,14H2,1H3,(H,26,27). The number of aromatic amines is 1. The molecular formula is C25H20N4O5. The second kappa shape index (κ2) is 8.36. The number of ether oxygens (including phenoxy) is 1. The van der Waals surface area contributed by atoms with Gasteiger partial charge in [0, 0.05) is 29.8 Å². The summed E-state index contributed by atoms with van der Waals surface area (Å²) in [5, 5.41) is 28.8. The number of hydrogen-bond acceptors (Lipinski definition) is 6. The van der Waals surface area contributed by atoms with Crippen molar-refractivity contribution in [2.45, 2.75) is 12.6 Å². The zero-order valence-corrected chi connectivity index (χ0v) is 18.1. The fourth-order valence-electron chi connectivity index (χ4n) is 4.29. The van der Waals surface area contributed by atoms with Gasteiger partial charge in [-0.3, -0.25) is 20.0 Å². The van der Waals surface area contributed by atoms with Crippen LogP contribution in [0.25, 0.3) is 11.3 Å². The van der Waals surface area contributed by atoms with Gasteiger partial charge in [-0.15, -0.1) is 0 Å². The molecule has 0 spiro atoms. The highest BCUT2D eigenvalue weighted by atomic mass is 16.6. The fraction of sp³-hybridized carbons (Fsp3) is 0.120. The van der Waals surface area contributed by atoms with Gasteiger partial charge in [-0.25, -0.2) is 0 Å². The highest BCUT2D eigenvalue weighted by Crippen LogP contribution is 2.45. The van der Waals surface area contributed by atoms with Crippen LogP contribution >= 0.6 is 0 Å². The summed E-state index contributed by atoms with van der Waals surface area (Å²) >= 11 is 0. The molecule has 9 nitrogen and oxygen atoms in total. The maximum Gasteiger partial charge on any atom is 0.273 e. The Morgan fingerprint density at radius 3 is 2.44 bits per heavy atom. The number of aromatic hydroxyl groups is 1. The number of fused-ring (bicyclic) bond motifs is 1. The maximum atomic E-state index is 13.5. The minimum Gasteiger partial charge on any atom is -0.507 e. The molecule has 0 radical (unpaired) electrons. The van der Waals surface area contributed by atoms with E-state index in [0.29, 0.717) is 40.4 Å². The van der Waals surface area contributed by atoms with Crippen LogP contribution in [0.15, 0.2) is 72.8 Å². The maximum absolute atomic E-state index is 13.5. The van der Waals surface area contributed by atoms with Gasteiger partial charge in [0.1, 0.15) is 22.9 Å². The number of aromatic nitrogens is 2. The molecule has 34 heavy (non-hydrogen) atoms. The van der Waals surface area contributed by atoms with Crippen LogP contribution in [0.4, 0.5) is 5.69 Å². The van der Waals surface area contributed by atoms with Crippen molar-refractivity contribution < 1.29 is 19.6 Å². The van der Waals surface area contributed by atoms with E-state index in [-0.39, 0.29) is 17.3 Å². The van der Waals surface area contributed by atoms with Crippen molar-refractivity contribution in [2.24, 2.45) is 0 Å². The molecule has 2 heterocycles. The normalized spacial score (nSPS) is 14.8. The number of hydrogen-bond donors (Lipinski definition) is 2. The molecule has 1 amide bonds. The summed E-state index contributed by atoms with van der Waals surface area (Å²) in [5.74, 6) is 0.503. The molecule has 1 aromatic heterocycles. The van der Waals surface area contributed by atoms with Crippen LogP contribution in [-0.4, -0.2) is 38.1 Å². The topological polar surface area (TPSA) is 122 Å². The number of amides is 1. The average Bonchev–Trinajstić information content (AvgIpc) is 3.39. The van der Waals surface area contributed by atoms with Crippen LogP contribution < -0.4 is 4.74 Å². The Balaban J connectivity index is 1.62. The monoisotopic (exact) mass is 456 g/mol. The summed E-state index contributed by atoms with van der Waals surface area (Å²) in [6, 6.07) is 19.8. The summed E-state index contributed by atoms with van der Waals surface area (Å²) in [6.07, 6.45) is 0. The number of benzene rings is 3. The minimum absolute atomic E-state index is 0.0388. The second-order valence-electron chi connectivity index (χ2n) is 7.91. The van der Waals surface area contributed by atoms with Gasteiger partial charge < -0.3 is 14.7 Å². The Labute approximate surface area is 194 Å². The Hall–Kier alpha value is -4.66. The van der Waals surface area contributed by atoms with E-state index < -0.39 is 11.0 Å². The first-order valence-electron chi connectivity index (χ1n) is 10.5. The number of nitrogens with zero attached hydrogens (tertiary/aromatic N) is 3. The summed E-state index contributed by atoms with van der Waals surface area (Å²) in [7, 11) is 1.59. The number of phenols is 1. The molecule has 2 N–H and O–H groups in total. The number of non-ortho nitro benzene ring substituents is 1. The first-order valence-corrected chi connectivity index (χ1v) is 10.5. The van der Waals surface area contributed by atoms with Gasteiger partial charge in [0.05, 0.1) is 18.1 Å². The lowest BCUT2D eigenvalue weighted by atomic mass is 9.95. The number of carbonyl (C=O) groups excluding carboxylic acids is 1. The number of nitro groups is 1. The molecule has 9 heteroatoms. The van der Waals surface area contributed by atoms with E-state index in [1.807, 2.05) is 24.3 Å². The van der Waals surface area contributed by atoms with Crippen molar-refractivity contribution in [1.82, 2.24) is 15.1 Å². The van der Waals surface area contributed by atoms with E-state index in [9.17, 15) is 20.0 Å². The zero-order valence-electron chi connectivity index (χ0n) is 18.1. The summed E-state index contributed by atoms with van der Waals surface area (Å²) in [5.41, 5.74) is 3.45. The smallest absolute Gasteiger partial charge is 0.273 e. The Morgan fingerprint density at radius 2 is 1.79 bits per heavy atom. The predicted octanol–water partition coefficient (Wildman–Crippen LogP) is 4.44. The number of nitrogens with one attached hydrogen (secondary N) is 1. The summed E-state index contributed by atoms with van der Waals surface area (Å²) in [4.78, 5) is 25.9. The third-order valence-corrected chi connectivity index (χ3v) is 5.95. The van der Waals surface area contributed by atoms with Gasteiger partial charge >= 0.3 is 0 Å². The molecule has 0 fully saturated rings. The van der Waals surface area contributed by atoms with E-state index in [1.54, 1.807) is 48.4 Å². The van der Waals surface area contributed by atoms with Crippen molar-refractivity contribution in [3.05, 3.63) is 105 Å². The molecule has 3 aromatic carbocycles. The number of nitro benzene ring substituents is 1. The number of H-pyrrole nitrogens is 1. The molecule has 170 valence electrons. The predicted molar refractivity (Wildman–Crippen MR) is 123 cm³/mol. The van der Waals surface area contributed by atoms with Crippen LogP contribution in [0.3, 0.4) is 0 Å². The number of para-hydroxylation sites is 1. The van der Waals surface area contributed by atoms with Crippen molar-refractivity contribution >= 4 is 11.6 Å². The Bertz CT molecular complexity index is 1380. The highest BCUT2D eigenvalue weighted by Gasteiger charge is 2.42. The van der Waals surface area contributed by atoms with Gasteiger partial charge in [-0.2, -0.15) is 5.10 Å². The second-order valence-corrected chi connectivity index (χ2v) is 7.91. The van der Waals surface area contributed by atoms with Gasteiger partial charge in [-0.1, -0.05) is 24.3 Å². The molecule has 5 rings (SSSR count). The van der Waals surface area contributed by atoms with Crippen LogP contribution in [0, 0.1) is 10.1 Å². The summed E-state index contributed by atoms with van der Waals surface area (Å²) < 4.78 is 5.22. The molecule has 0 saturated carbocycles. The molecule has 1 atom stereocenters. The van der Waals surface area contributed by atoms with Crippen molar-refractivity contribution in [3.63, 3.8) is 0 Å². The van der Waals surface area contributed by atoms with E-state index in [4.69, 9.17) is 4.74 Å². The molecule has 0 aliphatic carbocycles. The van der Waals surface area contributed by atoms with E-state index >= 15 is 0 Å². The molecule has 1 unspecified atom stereocenters. The van der Waals surface area contributed by atoms with Crippen molar-refractivity contribution in [2.75, 3.05) is 7.11 Å². The molecule has 4 aromatic rings. The quantitative estimate of drug-likeness (QED) is 0.327. The van der Waals surface area contributed by atoms with Crippen LogP contribution in [0.1, 0.15) is 33.2 Å². The van der Waals surface area contributed by atoms with Crippen LogP contribution in [0.2, 0.25) is 0 Å². The Kier molecular flexibility index (Phi) is 5.21. The van der Waals surface area contributed by atoms with Gasteiger partial charge in [0.2, 0.25) is 0 Å². The van der Waals surface area contributed by atoms with Crippen molar-refractivity contribution in [3.8, 4) is 22.8 Å². The molecule has 1 aliphatic heterocycles. The van der Waals surface area contributed by atoms with E-state index in [1.165, 1.54) is 12.1 Å². The SMILES string of the molecule is COc1ccc(CN2C(=O)c3[nH]nc(-c4ccccc4O)c3C2c2ccc([N+](=O)[O-])cc2)cc1. The lowest BCUT2D eigenvalue weighted by molar-refractivity contribution is -0.384.